The highest BCUT2D eigenvalue weighted by Gasteiger charge is 2.38. The molecule has 4 nitrogen and oxygen atoms in total. The number of carbonyl (C=O) groups excluding carboxylic acids is 1. The van der Waals surface area contributed by atoms with Crippen LogP contribution in [0.15, 0.2) is 101 Å². The molecule has 4 heteroatoms. The van der Waals surface area contributed by atoms with Crippen LogP contribution in [0, 0.1) is 0 Å². The lowest BCUT2D eigenvalue weighted by molar-refractivity contribution is 0.103. The van der Waals surface area contributed by atoms with E-state index in [4.69, 9.17) is 13.9 Å². The summed E-state index contributed by atoms with van der Waals surface area (Å²) in [5.41, 5.74) is 3.24. The van der Waals surface area contributed by atoms with Gasteiger partial charge in [0.05, 0.1) is 18.9 Å². The lowest BCUT2D eigenvalue weighted by atomic mass is 9.89. The zero-order valence-corrected chi connectivity index (χ0v) is 16.9. The van der Waals surface area contributed by atoms with Gasteiger partial charge in [-0.25, -0.2) is 0 Å². The van der Waals surface area contributed by atoms with Crippen molar-refractivity contribution in [2.75, 3.05) is 7.11 Å². The monoisotopic (exact) mass is 408 g/mol. The van der Waals surface area contributed by atoms with Crippen LogP contribution in [0.5, 0.6) is 17.2 Å². The van der Waals surface area contributed by atoms with Crippen LogP contribution in [0.4, 0.5) is 0 Å². The number of ether oxygens (including phenoxy) is 2. The van der Waals surface area contributed by atoms with E-state index in [1.807, 2.05) is 91.0 Å². The molecule has 152 valence electrons. The molecule has 0 bridgehead atoms. The summed E-state index contributed by atoms with van der Waals surface area (Å²) >= 11 is 0. The maximum atomic E-state index is 13.6. The Labute approximate surface area is 180 Å². The molecule has 4 aromatic rings. The van der Waals surface area contributed by atoms with Gasteiger partial charge in [-0.15, -0.1) is 0 Å². The Morgan fingerprint density at radius 2 is 1.61 bits per heavy atom. The molecule has 0 fully saturated rings. The molecule has 0 saturated heterocycles. The molecule has 1 aliphatic rings. The number of Topliss-reactive ketones (excluding diaryl/α,β-unsaturated/α-hetero) is 1. The first-order valence-electron chi connectivity index (χ1n) is 10.0. The predicted molar refractivity (Wildman–Crippen MR) is 119 cm³/mol. The third-order valence-corrected chi connectivity index (χ3v) is 5.43. The van der Waals surface area contributed by atoms with Gasteiger partial charge >= 0.3 is 0 Å². The molecule has 1 heterocycles. The van der Waals surface area contributed by atoms with E-state index in [0.717, 1.165) is 16.9 Å². The number of methoxy groups -OCH3 is 1. The van der Waals surface area contributed by atoms with Crippen molar-refractivity contribution < 1.29 is 18.7 Å². The molecule has 0 aliphatic heterocycles. The third kappa shape index (κ3) is 3.53. The maximum Gasteiger partial charge on any atom is 0.194 e. The van der Waals surface area contributed by atoms with E-state index in [9.17, 15) is 4.79 Å². The minimum absolute atomic E-state index is 0.0515. The highest BCUT2D eigenvalue weighted by molar-refractivity contribution is 6.18. The van der Waals surface area contributed by atoms with Crippen LogP contribution in [0.25, 0.3) is 6.08 Å². The van der Waals surface area contributed by atoms with Crippen LogP contribution >= 0.6 is 0 Å². The summed E-state index contributed by atoms with van der Waals surface area (Å²) in [6, 6.07) is 26.8. The van der Waals surface area contributed by atoms with Crippen LogP contribution < -0.4 is 9.47 Å². The van der Waals surface area contributed by atoms with Crippen molar-refractivity contribution >= 4 is 11.9 Å². The second kappa shape index (κ2) is 8.00. The first-order valence-corrected chi connectivity index (χ1v) is 10.0. The van der Waals surface area contributed by atoms with Crippen molar-refractivity contribution in [3.8, 4) is 17.2 Å². The number of hydrogen-bond donors (Lipinski definition) is 0. The third-order valence-electron chi connectivity index (χ3n) is 5.43. The van der Waals surface area contributed by atoms with Crippen molar-refractivity contribution in [1.82, 2.24) is 0 Å². The van der Waals surface area contributed by atoms with Gasteiger partial charge < -0.3 is 13.9 Å². The fraction of sp³-hybridized carbons (Fsp3) is 0.0741. The normalized spacial score (nSPS) is 16.4. The average Bonchev–Trinajstić information content (AvgIpc) is 3.42. The molecule has 1 aliphatic carbocycles. The van der Waals surface area contributed by atoms with Gasteiger partial charge in [-0.1, -0.05) is 42.5 Å². The summed E-state index contributed by atoms with van der Waals surface area (Å²) in [5.74, 6) is 2.33. The fourth-order valence-electron chi connectivity index (χ4n) is 4.01. The quantitative estimate of drug-likeness (QED) is 0.354. The molecular formula is C27H20O4. The van der Waals surface area contributed by atoms with Crippen LogP contribution in [-0.4, -0.2) is 12.9 Å². The second-order valence-electron chi connectivity index (χ2n) is 7.29. The molecule has 1 aromatic heterocycles. The Hall–Kier alpha value is -4.05. The van der Waals surface area contributed by atoms with E-state index in [1.165, 1.54) is 0 Å². The number of hydrogen-bond acceptors (Lipinski definition) is 4. The number of carbonyl (C=O) groups is 1. The van der Waals surface area contributed by atoms with Gasteiger partial charge in [-0.3, -0.25) is 4.79 Å². The van der Waals surface area contributed by atoms with E-state index >= 15 is 0 Å². The van der Waals surface area contributed by atoms with E-state index in [0.29, 0.717) is 28.4 Å². The average molecular weight is 408 g/mol. The van der Waals surface area contributed by atoms with Crippen molar-refractivity contribution in [3.63, 3.8) is 0 Å². The van der Waals surface area contributed by atoms with Crippen molar-refractivity contribution in [2.45, 2.75) is 5.92 Å². The smallest absolute Gasteiger partial charge is 0.194 e. The number of benzene rings is 3. The number of rotatable bonds is 5. The largest absolute Gasteiger partial charge is 0.497 e. The Balaban J connectivity index is 1.62. The minimum atomic E-state index is -0.187. The molecule has 1 atom stereocenters. The van der Waals surface area contributed by atoms with Crippen molar-refractivity contribution in [2.24, 2.45) is 0 Å². The van der Waals surface area contributed by atoms with E-state index in [2.05, 4.69) is 0 Å². The minimum Gasteiger partial charge on any atom is -0.497 e. The molecular weight excluding hydrogens is 388 g/mol. The van der Waals surface area contributed by atoms with Crippen molar-refractivity contribution in [1.29, 1.82) is 0 Å². The molecule has 0 radical (unpaired) electrons. The summed E-state index contributed by atoms with van der Waals surface area (Å²) in [5, 5.41) is 0. The number of furan rings is 1. The number of ketones is 1. The van der Waals surface area contributed by atoms with Gasteiger partial charge in [-0.2, -0.15) is 0 Å². The Bertz CT molecular complexity index is 1240. The predicted octanol–water partition coefficient (Wildman–Crippen LogP) is 6.49. The number of fused-ring (bicyclic) bond motifs is 1. The zero-order chi connectivity index (χ0) is 21.2. The molecule has 0 saturated carbocycles. The van der Waals surface area contributed by atoms with Gasteiger partial charge in [-0.05, 0) is 59.7 Å². The topological polar surface area (TPSA) is 48.7 Å². The summed E-state index contributed by atoms with van der Waals surface area (Å²) in [7, 11) is 1.62. The van der Waals surface area contributed by atoms with Gasteiger partial charge in [0.25, 0.3) is 0 Å². The molecule has 0 N–H and O–H groups in total. The second-order valence-corrected chi connectivity index (χ2v) is 7.29. The van der Waals surface area contributed by atoms with Gasteiger partial charge in [0.1, 0.15) is 23.0 Å². The summed E-state index contributed by atoms with van der Waals surface area (Å²) in [6.45, 7) is 0. The molecule has 1 unspecified atom stereocenters. The van der Waals surface area contributed by atoms with Gasteiger partial charge in [0.15, 0.2) is 5.78 Å². The lowest BCUT2D eigenvalue weighted by Gasteiger charge is -2.14. The Morgan fingerprint density at radius 1 is 0.839 bits per heavy atom. The Morgan fingerprint density at radius 3 is 2.32 bits per heavy atom. The lowest BCUT2D eigenvalue weighted by Crippen LogP contribution is -2.02. The first kappa shape index (κ1) is 18.9. The standard InChI is InChI=1S/C27H20O4/c1-29-19-12-14-20(15-13-19)31-24-11-5-10-22-25(18-7-3-2-4-8-18)23(27(28)26(22)24)17-21-9-6-16-30-21/h2-17,25H,1H3/b23-17-. The summed E-state index contributed by atoms with van der Waals surface area (Å²) < 4.78 is 16.8. The van der Waals surface area contributed by atoms with E-state index < -0.39 is 0 Å². The summed E-state index contributed by atoms with van der Waals surface area (Å²) in [4.78, 5) is 13.6. The van der Waals surface area contributed by atoms with Gasteiger partial charge in [0, 0.05) is 11.5 Å². The molecule has 31 heavy (non-hydrogen) atoms. The van der Waals surface area contributed by atoms with Crippen LogP contribution in [0.1, 0.15) is 33.2 Å². The van der Waals surface area contributed by atoms with Crippen LogP contribution in [-0.2, 0) is 0 Å². The maximum absolute atomic E-state index is 13.6. The molecule has 3 aromatic carbocycles. The van der Waals surface area contributed by atoms with Crippen LogP contribution in [0.2, 0.25) is 0 Å². The highest BCUT2D eigenvalue weighted by Crippen LogP contribution is 2.46. The summed E-state index contributed by atoms with van der Waals surface area (Å²) in [6.07, 6.45) is 3.44. The SMILES string of the molecule is COc1ccc(Oc2cccc3c2C(=O)/C(=C\c2ccco2)C3c2ccccc2)cc1. The molecule has 0 spiro atoms. The van der Waals surface area contributed by atoms with Crippen LogP contribution in [0.3, 0.4) is 0 Å². The van der Waals surface area contributed by atoms with Crippen molar-refractivity contribution in [3.05, 3.63) is 119 Å². The van der Waals surface area contributed by atoms with E-state index in [1.54, 1.807) is 13.4 Å². The molecule has 5 rings (SSSR count). The first-order chi connectivity index (χ1) is 15.2. The zero-order valence-electron chi connectivity index (χ0n) is 16.9. The van der Waals surface area contributed by atoms with E-state index in [-0.39, 0.29) is 11.7 Å². The fourth-order valence-corrected chi connectivity index (χ4v) is 4.01. The molecule has 0 amide bonds. The number of allylic oxidation sites excluding steroid dienone is 1. The highest BCUT2D eigenvalue weighted by atomic mass is 16.5. The Kier molecular flexibility index (Phi) is 4.89. The van der Waals surface area contributed by atoms with Gasteiger partial charge in [0.2, 0.25) is 0 Å².